The molecule has 0 spiro atoms. The van der Waals surface area contributed by atoms with Crippen molar-refractivity contribution in [3.05, 3.63) is 71.5 Å². The highest BCUT2D eigenvalue weighted by atomic mass is 16.7. The summed E-state index contributed by atoms with van der Waals surface area (Å²) in [5.41, 5.74) is 0.908. The lowest BCUT2D eigenvalue weighted by molar-refractivity contribution is -0.114. The largest absolute Gasteiger partial charge is 0.497 e. The average molecular weight is 419 g/mol. The first-order valence-corrected chi connectivity index (χ1v) is 9.63. The number of amides is 1. The third-order valence-corrected chi connectivity index (χ3v) is 4.55. The Morgan fingerprint density at radius 1 is 1.00 bits per heavy atom. The standard InChI is InChI=1S/C23H21N3O5/c1-15-13-21-25-23(27)20(22(24)26(21)31-15)14-16-3-5-18(6-4-16)29-11-12-30-19-9-7-17(28-2)8-10-19/h3-10,13-14,24H,11-12H2,1-2H3/b20-14+,24-22?. The molecule has 0 radical (unpaired) electrons. The van der Waals surface area contributed by atoms with E-state index in [9.17, 15) is 4.79 Å². The van der Waals surface area contributed by atoms with Gasteiger partial charge >= 0.3 is 0 Å². The molecule has 0 aromatic heterocycles. The van der Waals surface area contributed by atoms with Crippen LogP contribution in [0.2, 0.25) is 0 Å². The molecular formula is C23H21N3O5. The van der Waals surface area contributed by atoms with E-state index in [0.29, 0.717) is 30.6 Å². The van der Waals surface area contributed by atoms with E-state index >= 15 is 0 Å². The number of ether oxygens (including phenoxy) is 3. The number of carbonyl (C=O) groups excluding carboxylic acids is 1. The first-order chi connectivity index (χ1) is 15.0. The molecule has 4 rings (SSSR count). The van der Waals surface area contributed by atoms with Crippen LogP contribution in [0.15, 0.2) is 70.9 Å². The fourth-order valence-electron chi connectivity index (χ4n) is 3.02. The van der Waals surface area contributed by atoms with E-state index in [1.54, 1.807) is 50.5 Å². The highest BCUT2D eigenvalue weighted by Gasteiger charge is 2.34. The molecule has 2 aliphatic rings. The van der Waals surface area contributed by atoms with Crippen LogP contribution < -0.4 is 14.2 Å². The number of hydrogen-bond donors (Lipinski definition) is 1. The molecule has 8 nitrogen and oxygen atoms in total. The summed E-state index contributed by atoms with van der Waals surface area (Å²) in [6.07, 6.45) is 3.23. The van der Waals surface area contributed by atoms with Gasteiger partial charge in [-0.15, -0.1) is 5.06 Å². The van der Waals surface area contributed by atoms with Crippen LogP contribution in [0.1, 0.15) is 12.5 Å². The van der Waals surface area contributed by atoms with Gasteiger partial charge < -0.3 is 19.0 Å². The molecule has 0 saturated carbocycles. The predicted octanol–water partition coefficient (Wildman–Crippen LogP) is 3.60. The number of fused-ring (bicyclic) bond motifs is 1. The van der Waals surface area contributed by atoms with Crippen LogP contribution >= 0.6 is 0 Å². The lowest BCUT2D eigenvalue weighted by Crippen LogP contribution is -2.38. The fourth-order valence-corrected chi connectivity index (χ4v) is 3.02. The minimum Gasteiger partial charge on any atom is -0.497 e. The van der Waals surface area contributed by atoms with Gasteiger partial charge in [0.1, 0.15) is 36.2 Å². The zero-order chi connectivity index (χ0) is 21.8. The van der Waals surface area contributed by atoms with Crippen molar-refractivity contribution in [2.24, 2.45) is 4.99 Å². The summed E-state index contributed by atoms with van der Waals surface area (Å²) >= 11 is 0. The third-order valence-electron chi connectivity index (χ3n) is 4.55. The van der Waals surface area contributed by atoms with Crippen molar-refractivity contribution in [3.63, 3.8) is 0 Å². The Hall–Kier alpha value is -4.07. The Labute approximate surface area is 179 Å². The number of allylic oxidation sites excluding steroid dienone is 1. The van der Waals surface area contributed by atoms with Crippen molar-refractivity contribution in [1.82, 2.24) is 5.06 Å². The Morgan fingerprint density at radius 2 is 1.58 bits per heavy atom. The SMILES string of the molecule is COc1ccc(OCCOc2ccc(/C=C3\C(=N)N4OC(C)=CC4=NC3=O)cc2)cc1. The zero-order valence-corrected chi connectivity index (χ0v) is 17.1. The van der Waals surface area contributed by atoms with E-state index in [1.165, 1.54) is 5.06 Å². The number of methoxy groups -OCH3 is 1. The van der Waals surface area contributed by atoms with E-state index in [1.807, 2.05) is 24.3 Å². The lowest BCUT2D eigenvalue weighted by Gasteiger charge is -2.22. The number of aliphatic imine (C=N–C) groups is 1. The molecular weight excluding hydrogens is 398 g/mol. The molecule has 2 aromatic rings. The van der Waals surface area contributed by atoms with Crippen molar-refractivity contribution in [3.8, 4) is 17.2 Å². The molecule has 0 unspecified atom stereocenters. The molecule has 1 N–H and O–H groups in total. The number of benzene rings is 2. The summed E-state index contributed by atoms with van der Waals surface area (Å²) < 4.78 is 16.4. The maximum Gasteiger partial charge on any atom is 0.282 e. The highest BCUT2D eigenvalue weighted by Crippen LogP contribution is 2.24. The molecule has 2 aromatic carbocycles. The minimum atomic E-state index is -0.471. The molecule has 2 aliphatic heterocycles. The average Bonchev–Trinajstić information content (AvgIpc) is 3.16. The monoisotopic (exact) mass is 419 g/mol. The summed E-state index contributed by atoms with van der Waals surface area (Å²) in [4.78, 5) is 21.7. The van der Waals surface area contributed by atoms with Crippen molar-refractivity contribution in [1.29, 1.82) is 5.41 Å². The summed E-state index contributed by atoms with van der Waals surface area (Å²) in [5.74, 6) is 2.58. The van der Waals surface area contributed by atoms with Crippen molar-refractivity contribution in [2.45, 2.75) is 6.92 Å². The molecule has 158 valence electrons. The van der Waals surface area contributed by atoms with Crippen molar-refractivity contribution < 1.29 is 23.8 Å². The molecule has 0 atom stereocenters. The number of nitrogens with one attached hydrogen (secondary N) is 1. The second-order valence-corrected chi connectivity index (χ2v) is 6.76. The molecule has 31 heavy (non-hydrogen) atoms. The zero-order valence-electron chi connectivity index (χ0n) is 17.1. The Morgan fingerprint density at radius 3 is 2.19 bits per heavy atom. The Kier molecular flexibility index (Phi) is 5.70. The van der Waals surface area contributed by atoms with Gasteiger partial charge in [-0.2, -0.15) is 4.99 Å². The summed E-state index contributed by atoms with van der Waals surface area (Å²) in [7, 11) is 1.62. The van der Waals surface area contributed by atoms with Gasteiger partial charge in [-0.1, -0.05) is 12.1 Å². The number of hydroxylamine groups is 2. The predicted molar refractivity (Wildman–Crippen MR) is 115 cm³/mol. The molecule has 1 amide bonds. The van der Waals surface area contributed by atoms with Crippen LogP contribution in [-0.2, 0) is 9.63 Å². The summed E-state index contributed by atoms with van der Waals surface area (Å²) in [6, 6.07) is 14.5. The molecule has 0 saturated heterocycles. The minimum absolute atomic E-state index is 0.0425. The van der Waals surface area contributed by atoms with Crippen LogP contribution in [0.4, 0.5) is 0 Å². The van der Waals surface area contributed by atoms with Gasteiger partial charge in [0.05, 0.1) is 12.7 Å². The van der Waals surface area contributed by atoms with Gasteiger partial charge in [-0.3, -0.25) is 10.2 Å². The van der Waals surface area contributed by atoms with Crippen LogP contribution in [-0.4, -0.2) is 43.0 Å². The van der Waals surface area contributed by atoms with Crippen LogP contribution in [0.5, 0.6) is 17.2 Å². The smallest absolute Gasteiger partial charge is 0.282 e. The molecule has 0 fully saturated rings. The van der Waals surface area contributed by atoms with Gasteiger partial charge in [0.2, 0.25) is 0 Å². The number of carbonyl (C=O) groups is 1. The van der Waals surface area contributed by atoms with E-state index in [4.69, 9.17) is 24.5 Å². The second-order valence-electron chi connectivity index (χ2n) is 6.76. The first-order valence-electron chi connectivity index (χ1n) is 9.63. The van der Waals surface area contributed by atoms with Gasteiger partial charge in [0.25, 0.3) is 5.91 Å². The van der Waals surface area contributed by atoms with Crippen molar-refractivity contribution in [2.75, 3.05) is 20.3 Å². The molecule has 2 heterocycles. The van der Waals surface area contributed by atoms with Crippen molar-refractivity contribution >= 4 is 23.7 Å². The number of amidine groups is 2. The van der Waals surface area contributed by atoms with E-state index in [-0.39, 0.29) is 11.4 Å². The molecule has 8 heteroatoms. The number of nitrogens with zero attached hydrogens (tertiary/aromatic N) is 2. The molecule has 0 bridgehead atoms. The lowest BCUT2D eigenvalue weighted by atomic mass is 10.1. The highest BCUT2D eigenvalue weighted by molar-refractivity contribution is 6.32. The molecule has 0 aliphatic carbocycles. The van der Waals surface area contributed by atoms with E-state index in [0.717, 1.165) is 17.1 Å². The first kappa shape index (κ1) is 20.2. The maximum atomic E-state index is 12.3. The van der Waals surface area contributed by atoms with Gasteiger partial charge in [0, 0.05) is 6.08 Å². The summed E-state index contributed by atoms with van der Waals surface area (Å²) in [6.45, 7) is 2.52. The Balaban J connectivity index is 1.32. The van der Waals surface area contributed by atoms with E-state index < -0.39 is 5.91 Å². The van der Waals surface area contributed by atoms with Gasteiger partial charge in [-0.25, -0.2) is 0 Å². The summed E-state index contributed by atoms with van der Waals surface area (Å²) in [5, 5.41) is 9.48. The van der Waals surface area contributed by atoms with Crippen LogP contribution in [0, 0.1) is 5.41 Å². The topological polar surface area (TPSA) is 93.4 Å². The van der Waals surface area contributed by atoms with Crippen LogP contribution in [0.3, 0.4) is 0 Å². The quantitative estimate of drug-likeness (QED) is 0.544. The number of hydrogen-bond acceptors (Lipinski definition) is 6. The van der Waals surface area contributed by atoms with Crippen LogP contribution in [0.25, 0.3) is 6.08 Å². The second kappa shape index (κ2) is 8.74. The maximum absolute atomic E-state index is 12.3. The normalized spacial score (nSPS) is 16.5. The fraction of sp³-hybridized carbons (Fsp3) is 0.174. The van der Waals surface area contributed by atoms with Gasteiger partial charge in [-0.05, 0) is 55.0 Å². The van der Waals surface area contributed by atoms with Gasteiger partial charge in [0.15, 0.2) is 11.7 Å². The van der Waals surface area contributed by atoms with E-state index in [2.05, 4.69) is 4.99 Å². The Bertz CT molecular complexity index is 1090. The number of rotatable bonds is 7. The third kappa shape index (κ3) is 4.58.